The Hall–Kier alpha value is -2.58. The van der Waals surface area contributed by atoms with Crippen molar-refractivity contribution >= 4 is 23.2 Å². The summed E-state index contributed by atoms with van der Waals surface area (Å²) < 4.78 is 5.13. The summed E-state index contributed by atoms with van der Waals surface area (Å²) in [5.41, 5.74) is 0.616. The Bertz CT molecular complexity index is 817. The van der Waals surface area contributed by atoms with E-state index in [4.69, 9.17) is 9.73 Å². The summed E-state index contributed by atoms with van der Waals surface area (Å²) >= 11 is 1.80. The molecule has 1 aromatic carbocycles. The number of hydrogen-bond acceptors (Lipinski definition) is 5. The smallest absolute Gasteiger partial charge is 0.251 e. The molecule has 3 N–H and O–H groups in total. The predicted molar refractivity (Wildman–Crippen MR) is 127 cm³/mol. The number of nitrogens with zero attached hydrogens (tertiary/aromatic N) is 2. The first-order valence-electron chi connectivity index (χ1n) is 10.9. The standard InChI is InChI=1S/C23H33N5O2S/c1-3-24-23(26-13-12-25-22(29)18-8-10-19(30-2)11-9-18)27-17-20(21-7-6-16-31-21)28-14-4-5-15-28/h6-11,16,20H,3-5,12-15,17H2,1-2H3,(H,25,29)(H2,24,26,27). The molecule has 2 heterocycles. The first kappa shape index (κ1) is 23.1. The van der Waals surface area contributed by atoms with Crippen LogP contribution in [0.1, 0.15) is 41.0 Å². The third-order valence-electron chi connectivity index (χ3n) is 5.27. The van der Waals surface area contributed by atoms with Crippen LogP contribution in [0.4, 0.5) is 0 Å². The zero-order valence-corrected chi connectivity index (χ0v) is 19.2. The van der Waals surface area contributed by atoms with Gasteiger partial charge in [0, 0.05) is 30.1 Å². The number of amides is 1. The number of ether oxygens (including phenoxy) is 1. The molecule has 2 aromatic rings. The number of thiophene rings is 1. The van der Waals surface area contributed by atoms with E-state index >= 15 is 0 Å². The lowest BCUT2D eigenvalue weighted by atomic mass is 10.2. The molecule has 7 nitrogen and oxygen atoms in total. The van der Waals surface area contributed by atoms with Crippen LogP contribution in [0, 0.1) is 0 Å². The lowest BCUT2D eigenvalue weighted by molar-refractivity contribution is 0.0954. The van der Waals surface area contributed by atoms with E-state index in [9.17, 15) is 4.79 Å². The molecule has 1 aromatic heterocycles. The van der Waals surface area contributed by atoms with Crippen LogP contribution in [-0.4, -0.2) is 63.1 Å². The van der Waals surface area contributed by atoms with E-state index in [1.807, 2.05) is 0 Å². The maximum absolute atomic E-state index is 12.3. The van der Waals surface area contributed by atoms with Gasteiger partial charge in [0.25, 0.3) is 5.91 Å². The molecule has 0 spiro atoms. The molecular formula is C23H33N5O2S. The first-order chi connectivity index (χ1) is 15.2. The van der Waals surface area contributed by atoms with Crippen LogP contribution < -0.4 is 20.7 Å². The van der Waals surface area contributed by atoms with Crippen LogP contribution >= 0.6 is 11.3 Å². The summed E-state index contributed by atoms with van der Waals surface area (Å²) in [6.45, 7) is 6.95. The second-order valence-corrected chi connectivity index (χ2v) is 8.38. The van der Waals surface area contributed by atoms with Gasteiger partial charge in [-0.3, -0.25) is 14.7 Å². The van der Waals surface area contributed by atoms with E-state index in [1.54, 1.807) is 42.7 Å². The molecular weight excluding hydrogens is 410 g/mol. The number of carbonyl (C=O) groups is 1. The second kappa shape index (κ2) is 12.3. The molecule has 1 unspecified atom stereocenters. The van der Waals surface area contributed by atoms with E-state index in [0.717, 1.165) is 31.3 Å². The molecule has 1 fully saturated rings. The molecule has 1 aliphatic rings. The largest absolute Gasteiger partial charge is 0.497 e. The highest BCUT2D eigenvalue weighted by Crippen LogP contribution is 2.28. The van der Waals surface area contributed by atoms with Crippen molar-refractivity contribution in [1.82, 2.24) is 20.9 Å². The molecule has 168 valence electrons. The first-order valence-corrected chi connectivity index (χ1v) is 11.8. The van der Waals surface area contributed by atoms with Gasteiger partial charge in [0.2, 0.25) is 0 Å². The molecule has 1 saturated heterocycles. The van der Waals surface area contributed by atoms with Crippen LogP contribution in [0.25, 0.3) is 0 Å². The van der Waals surface area contributed by atoms with Crippen molar-refractivity contribution < 1.29 is 9.53 Å². The van der Waals surface area contributed by atoms with Crippen molar-refractivity contribution in [2.75, 3.05) is 46.4 Å². The zero-order chi connectivity index (χ0) is 21.9. The van der Waals surface area contributed by atoms with Crippen LogP contribution in [0.15, 0.2) is 46.8 Å². The molecule has 0 radical (unpaired) electrons. The van der Waals surface area contributed by atoms with Crippen molar-refractivity contribution in [3.05, 3.63) is 52.2 Å². The number of hydrogen-bond donors (Lipinski definition) is 3. The van der Waals surface area contributed by atoms with Crippen molar-refractivity contribution in [2.45, 2.75) is 25.8 Å². The van der Waals surface area contributed by atoms with Gasteiger partial charge in [0.05, 0.1) is 19.7 Å². The fraction of sp³-hybridized carbons (Fsp3) is 0.478. The van der Waals surface area contributed by atoms with Crippen molar-refractivity contribution in [3.8, 4) is 5.75 Å². The number of methoxy groups -OCH3 is 1. The highest BCUT2D eigenvalue weighted by Gasteiger charge is 2.24. The summed E-state index contributed by atoms with van der Waals surface area (Å²) in [6, 6.07) is 11.7. The van der Waals surface area contributed by atoms with Gasteiger partial charge in [-0.05, 0) is 68.6 Å². The number of guanidine groups is 1. The van der Waals surface area contributed by atoms with Gasteiger partial charge in [-0.25, -0.2) is 0 Å². The quantitative estimate of drug-likeness (QED) is 0.299. The normalized spacial score (nSPS) is 15.5. The Balaban J connectivity index is 1.50. The number of rotatable bonds is 10. The van der Waals surface area contributed by atoms with Gasteiger partial charge in [-0.2, -0.15) is 0 Å². The molecule has 1 atom stereocenters. The predicted octanol–water partition coefficient (Wildman–Crippen LogP) is 2.88. The van der Waals surface area contributed by atoms with Gasteiger partial charge in [-0.15, -0.1) is 11.3 Å². The third kappa shape index (κ3) is 6.97. The fourth-order valence-electron chi connectivity index (χ4n) is 3.64. The topological polar surface area (TPSA) is 78.0 Å². The molecule has 0 saturated carbocycles. The second-order valence-electron chi connectivity index (χ2n) is 7.41. The summed E-state index contributed by atoms with van der Waals surface area (Å²) in [6.07, 6.45) is 2.52. The molecule has 0 aliphatic carbocycles. The molecule has 1 aliphatic heterocycles. The van der Waals surface area contributed by atoms with Crippen LogP contribution in [-0.2, 0) is 0 Å². The highest BCUT2D eigenvalue weighted by atomic mass is 32.1. The van der Waals surface area contributed by atoms with E-state index < -0.39 is 0 Å². The van der Waals surface area contributed by atoms with Gasteiger partial charge in [0.15, 0.2) is 5.96 Å². The fourth-order valence-corrected chi connectivity index (χ4v) is 4.49. The van der Waals surface area contributed by atoms with Crippen molar-refractivity contribution in [1.29, 1.82) is 0 Å². The minimum Gasteiger partial charge on any atom is -0.497 e. The van der Waals surface area contributed by atoms with Crippen LogP contribution in [0.5, 0.6) is 5.75 Å². The monoisotopic (exact) mass is 443 g/mol. The third-order valence-corrected chi connectivity index (χ3v) is 6.25. The van der Waals surface area contributed by atoms with Gasteiger partial charge in [-0.1, -0.05) is 6.07 Å². The minimum atomic E-state index is -0.0989. The van der Waals surface area contributed by atoms with Crippen LogP contribution in [0.3, 0.4) is 0 Å². The minimum absolute atomic E-state index is 0.0989. The Morgan fingerprint density at radius 2 is 1.87 bits per heavy atom. The number of aliphatic imine (C=N–C) groups is 1. The van der Waals surface area contributed by atoms with Gasteiger partial charge >= 0.3 is 0 Å². The number of carbonyl (C=O) groups excluding carboxylic acids is 1. The summed E-state index contributed by atoms with van der Waals surface area (Å²) in [7, 11) is 1.61. The Morgan fingerprint density at radius 1 is 1.13 bits per heavy atom. The zero-order valence-electron chi connectivity index (χ0n) is 18.4. The Labute approximate surface area is 188 Å². The lowest BCUT2D eigenvalue weighted by Crippen LogP contribution is -2.42. The molecule has 31 heavy (non-hydrogen) atoms. The highest BCUT2D eigenvalue weighted by molar-refractivity contribution is 7.10. The van der Waals surface area contributed by atoms with E-state index in [-0.39, 0.29) is 5.91 Å². The average molecular weight is 444 g/mol. The maximum Gasteiger partial charge on any atom is 0.251 e. The van der Waals surface area contributed by atoms with Crippen molar-refractivity contribution in [2.24, 2.45) is 4.99 Å². The molecule has 1 amide bonds. The van der Waals surface area contributed by atoms with Crippen LogP contribution in [0.2, 0.25) is 0 Å². The molecule has 0 bridgehead atoms. The number of likely N-dealkylation sites (tertiary alicyclic amines) is 1. The summed E-state index contributed by atoms with van der Waals surface area (Å²) in [5, 5.41) is 11.7. The molecule has 3 rings (SSSR count). The lowest BCUT2D eigenvalue weighted by Gasteiger charge is -2.25. The molecule has 8 heteroatoms. The van der Waals surface area contributed by atoms with E-state index in [2.05, 4.69) is 45.3 Å². The number of benzene rings is 1. The van der Waals surface area contributed by atoms with Gasteiger partial charge < -0.3 is 20.7 Å². The summed E-state index contributed by atoms with van der Waals surface area (Å²) in [5.74, 6) is 1.42. The maximum atomic E-state index is 12.3. The Kier molecular flexibility index (Phi) is 9.17. The van der Waals surface area contributed by atoms with Gasteiger partial charge in [0.1, 0.15) is 5.75 Å². The number of nitrogens with one attached hydrogen (secondary N) is 3. The average Bonchev–Trinajstić information content (AvgIpc) is 3.52. The van der Waals surface area contributed by atoms with E-state index in [1.165, 1.54) is 17.7 Å². The van der Waals surface area contributed by atoms with Crippen molar-refractivity contribution in [3.63, 3.8) is 0 Å². The van der Waals surface area contributed by atoms with E-state index in [0.29, 0.717) is 31.2 Å². The SMILES string of the molecule is CCNC(=NCC(c1cccs1)N1CCCC1)NCCNC(=O)c1ccc(OC)cc1. The Morgan fingerprint density at radius 3 is 2.52 bits per heavy atom. The summed E-state index contributed by atoms with van der Waals surface area (Å²) in [4.78, 5) is 21.0.